The standard InChI is InChI=1S/C27H21ClN2O4/c1-14-7-9-17(11-15(14)2)30-24(16-8-10-22(31)20(28)12-16)23(26(33)27(30)34)25(32)19-13-29-21-6-4-3-5-18(19)21/h3-13,24,29,31-32H,1-2H3/b25-23-. The lowest BCUT2D eigenvalue weighted by molar-refractivity contribution is -0.132. The fraction of sp³-hybridized carbons (Fsp3) is 0.111. The average Bonchev–Trinajstić information content (AvgIpc) is 3.36. The number of ketones is 1. The fourth-order valence-electron chi connectivity index (χ4n) is 4.40. The number of fused-ring (bicyclic) bond motifs is 1. The highest BCUT2D eigenvalue weighted by atomic mass is 35.5. The van der Waals surface area contributed by atoms with Crippen molar-refractivity contribution in [1.29, 1.82) is 0 Å². The molecule has 0 spiro atoms. The number of aromatic amines is 1. The van der Waals surface area contributed by atoms with Crippen LogP contribution in [-0.2, 0) is 9.59 Å². The fourth-order valence-corrected chi connectivity index (χ4v) is 4.58. The monoisotopic (exact) mass is 472 g/mol. The number of hydrogen-bond acceptors (Lipinski definition) is 4. The molecule has 1 amide bonds. The van der Waals surface area contributed by atoms with Crippen LogP contribution in [0.5, 0.6) is 5.75 Å². The number of aliphatic hydroxyl groups is 1. The number of nitrogens with zero attached hydrogens (tertiary/aromatic N) is 1. The molecule has 1 atom stereocenters. The highest BCUT2D eigenvalue weighted by Gasteiger charge is 2.47. The molecular weight excluding hydrogens is 452 g/mol. The number of H-pyrrole nitrogens is 1. The van der Waals surface area contributed by atoms with Crippen molar-refractivity contribution < 1.29 is 19.8 Å². The highest BCUT2D eigenvalue weighted by molar-refractivity contribution is 6.52. The molecule has 3 aromatic carbocycles. The van der Waals surface area contributed by atoms with Crippen LogP contribution in [0.25, 0.3) is 16.7 Å². The van der Waals surface area contributed by atoms with Crippen LogP contribution in [0.4, 0.5) is 5.69 Å². The second-order valence-corrected chi connectivity index (χ2v) is 8.80. The maximum atomic E-state index is 13.3. The Morgan fingerprint density at radius 2 is 1.76 bits per heavy atom. The Bertz CT molecular complexity index is 1520. The predicted octanol–water partition coefficient (Wildman–Crippen LogP) is 5.77. The number of Topliss-reactive ketones (excluding diaryl/α,β-unsaturated/α-hetero) is 1. The quantitative estimate of drug-likeness (QED) is 0.200. The number of aromatic hydroxyl groups is 1. The van der Waals surface area contributed by atoms with E-state index in [1.54, 1.807) is 18.3 Å². The summed E-state index contributed by atoms with van der Waals surface area (Å²) in [6.07, 6.45) is 1.62. The number of hydrogen-bond donors (Lipinski definition) is 3. The Hall–Kier alpha value is -4.03. The Balaban J connectivity index is 1.78. The molecule has 7 heteroatoms. The Labute approximate surface area is 200 Å². The molecule has 0 radical (unpaired) electrons. The Morgan fingerprint density at radius 3 is 2.50 bits per heavy atom. The molecular formula is C27H21ClN2O4. The lowest BCUT2D eigenvalue weighted by atomic mass is 9.94. The normalized spacial score (nSPS) is 17.6. The second-order valence-electron chi connectivity index (χ2n) is 8.40. The predicted molar refractivity (Wildman–Crippen MR) is 132 cm³/mol. The molecule has 170 valence electrons. The third kappa shape index (κ3) is 3.35. The number of halogens is 1. The molecule has 3 N–H and O–H groups in total. The lowest BCUT2D eigenvalue weighted by Gasteiger charge is -2.26. The summed E-state index contributed by atoms with van der Waals surface area (Å²) >= 11 is 6.19. The van der Waals surface area contributed by atoms with E-state index >= 15 is 0 Å². The van der Waals surface area contributed by atoms with E-state index in [1.165, 1.54) is 17.0 Å². The van der Waals surface area contributed by atoms with Crippen LogP contribution in [0, 0.1) is 13.8 Å². The lowest BCUT2D eigenvalue weighted by Crippen LogP contribution is -2.29. The number of aliphatic hydroxyl groups excluding tert-OH is 1. The van der Waals surface area contributed by atoms with Crippen LogP contribution in [0.2, 0.25) is 5.02 Å². The zero-order valence-corrected chi connectivity index (χ0v) is 19.2. The molecule has 1 unspecified atom stereocenters. The first-order valence-corrected chi connectivity index (χ1v) is 11.1. The van der Waals surface area contributed by atoms with E-state index in [1.807, 2.05) is 50.2 Å². The van der Waals surface area contributed by atoms with Gasteiger partial charge in [0.2, 0.25) is 0 Å². The van der Waals surface area contributed by atoms with E-state index in [0.29, 0.717) is 16.8 Å². The molecule has 0 bridgehead atoms. The van der Waals surface area contributed by atoms with Crippen LogP contribution in [0.3, 0.4) is 0 Å². The van der Waals surface area contributed by atoms with Gasteiger partial charge in [0.05, 0.1) is 16.6 Å². The van der Waals surface area contributed by atoms with Gasteiger partial charge in [0, 0.05) is 28.4 Å². The first kappa shape index (κ1) is 21.8. The number of benzene rings is 3. The van der Waals surface area contributed by atoms with E-state index in [4.69, 9.17) is 11.6 Å². The third-order valence-corrected chi connectivity index (χ3v) is 6.65. The number of aromatic nitrogens is 1. The van der Waals surface area contributed by atoms with Crippen LogP contribution in [0.1, 0.15) is 28.3 Å². The number of aryl methyl sites for hydroxylation is 2. The van der Waals surface area contributed by atoms with Crippen LogP contribution in [-0.4, -0.2) is 26.9 Å². The van der Waals surface area contributed by atoms with Gasteiger partial charge in [-0.1, -0.05) is 41.9 Å². The molecule has 4 aromatic rings. The number of para-hydroxylation sites is 1. The first-order valence-electron chi connectivity index (χ1n) is 10.7. The number of carbonyl (C=O) groups excluding carboxylic acids is 2. The molecule has 0 saturated carbocycles. The van der Waals surface area contributed by atoms with Crippen molar-refractivity contribution in [2.24, 2.45) is 0 Å². The van der Waals surface area contributed by atoms with Gasteiger partial charge in [-0.25, -0.2) is 0 Å². The number of anilines is 1. The largest absolute Gasteiger partial charge is 0.507 e. The minimum atomic E-state index is -0.936. The SMILES string of the molecule is Cc1ccc(N2C(=O)C(=O)/C(=C(\O)c3c[nH]c4ccccc34)C2c2ccc(O)c(Cl)c2)cc1C. The molecule has 1 saturated heterocycles. The molecule has 34 heavy (non-hydrogen) atoms. The zero-order chi connectivity index (χ0) is 24.1. The topological polar surface area (TPSA) is 93.6 Å². The molecule has 2 heterocycles. The molecule has 5 rings (SSSR count). The second kappa shape index (κ2) is 8.08. The van der Waals surface area contributed by atoms with E-state index < -0.39 is 17.7 Å². The first-order chi connectivity index (χ1) is 16.3. The number of rotatable bonds is 3. The minimum Gasteiger partial charge on any atom is -0.507 e. The van der Waals surface area contributed by atoms with Gasteiger partial charge in [-0.2, -0.15) is 0 Å². The molecule has 0 aliphatic carbocycles. The maximum absolute atomic E-state index is 13.3. The number of carbonyl (C=O) groups is 2. The van der Waals surface area contributed by atoms with Crippen molar-refractivity contribution in [1.82, 2.24) is 4.98 Å². The van der Waals surface area contributed by atoms with Gasteiger partial charge in [-0.05, 0) is 60.9 Å². The Kier molecular flexibility index (Phi) is 5.18. The zero-order valence-electron chi connectivity index (χ0n) is 18.5. The van der Waals surface area contributed by atoms with Gasteiger partial charge in [0.1, 0.15) is 11.5 Å². The van der Waals surface area contributed by atoms with Gasteiger partial charge in [-0.15, -0.1) is 0 Å². The maximum Gasteiger partial charge on any atom is 0.300 e. The minimum absolute atomic E-state index is 0.0465. The van der Waals surface area contributed by atoms with Crippen LogP contribution >= 0.6 is 11.6 Å². The van der Waals surface area contributed by atoms with Gasteiger partial charge in [-0.3, -0.25) is 14.5 Å². The van der Waals surface area contributed by atoms with E-state index in [-0.39, 0.29) is 22.1 Å². The average molecular weight is 473 g/mol. The summed E-state index contributed by atoms with van der Waals surface area (Å²) in [4.78, 5) is 31.1. The highest BCUT2D eigenvalue weighted by Crippen LogP contribution is 2.44. The summed E-state index contributed by atoms with van der Waals surface area (Å²) in [5.74, 6) is -1.95. The summed E-state index contributed by atoms with van der Waals surface area (Å²) < 4.78 is 0. The summed E-state index contributed by atoms with van der Waals surface area (Å²) in [6, 6.07) is 16.4. The molecule has 1 aromatic heterocycles. The molecule has 1 aliphatic heterocycles. The van der Waals surface area contributed by atoms with Crippen molar-refractivity contribution in [2.75, 3.05) is 4.90 Å². The number of phenolic OH excluding ortho intramolecular Hbond substituents is 1. The smallest absolute Gasteiger partial charge is 0.300 e. The van der Waals surface area contributed by atoms with Gasteiger partial charge < -0.3 is 15.2 Å². The van der Waals surface area contributed by atoms with Crippen molar-refractivity contribution in [2.45, 2.75) is 19.9 Å². The van der Waals surface area contributed by atoms with Gasteiger partial charge in [0.25, 0.3) is 11.7 Å². The van der Waals surface area contributed by atoms with Gasteiger partial charge in [0.15, 0.2) is 0 Å². The van der Waals surface area contributed by atoms with Crippen molar-refractivity contribution >= 4 is 45.6 Å². The van der Waals surface area contributed by atoms with Gasteiger partial charge >= 0.3 is 0 Å². The number of amides is 1. The molecule has 6 nitrogen and oxygen atoms in total. The van der Waals surface area contributed by atoms with E-state index in [9.17, 15) is 19.8 Å². The molecule has 1 fully saturated rings. The van der Waals surface area contributed by atoms with E-state index in [2.05, 4.69) is 4.98 Å². The van der Waals surface area contributed by atoms with Crippen molar-refractivity contribution in [3.63, 3.8) is 0 Å². The molecule has 1 aliphatic rings. The van der Waals surface area contributed by atoms with Crippen molar-refractivity contribution in [3.8, 4) is 5.75 Å². The van der Waals surface area contributed by atoms with Crippen molar-refractivity contribution in [3.05, 3.63) is 99.7 Å². The van der Waals surface area contributed by atoms with E-state index in [0.717, 1.165) is 22.0 Å². The summed E-state index contributed by atoms with van der Waals surface area (Å²) in [6.45, 7) is 3.88. The summed E-state index contributed by atoms with van der Waals surface area (Å²) in [5.41, 5.74) is 4.18. The van der Waals surface area contributed by atoms with Crippen LogP contribution < -0.4 is 4.90 Å². The number of phenols is 1. The Morgan fingerprint density at radius 1 is 1.00 bits per heavy atom. The summed E-state index contributed by atoms with van der Waals surface area (Å²) in [7, 11) is 0. The summed E-state index contributed by atoms with van der Waals surface area (Å²) in [5, 5.41) is 22.1. The van der Waals surface area contributed by atoms with Crippen LogP contribution in [0.15, 0.2) is 72.4 Å². The number of nitrogens with one attached hydrogen (secondary N) is 1. The third-order valence-electron chi connectivity index (χ3n) is 6.34.